The summed E-state index contributed by atoms with van der Waals surface area (Å²) in [4.78, 5) is 21.0. The van der Waals surface area contributed by atoms with Crippen molar-refractivity contribution in [1.29, 1.82) is 0 Å². The summed E-state index contributed by atoms with van der Waals surface area (Å²) in [6, 6.07) is 0.110. The fraction of sp³-hybridized carbons (Fsp3) is 0.750. The fourth-order valence-electron chi connectivity index (χ4n) is 3.96. The van der Waals surface area contributed by atoms with Crippen LogP contribution in [0.5, 0.6) is 0 Å². The molecule has 0 aromatic carbocycles. The highest BCUT2D eigenvalue weighted by atomic mass is 32.2. The largest absolute Gasteiger partial charge is 0.446 e. The Morgan fingerprint density at radius 3 is 2.45 bits per heavy atom. The lowest BCUT2D eigenvalue weighted by molar-refractivity contribution is 0.0922. The van der Waals surface area contributed by atoms with Crippen molar-refractivity contribution in [2.24, 2.45) is 5.14 Å². The summed E-state index contributed by atoms with van der Waals surface area (Å²) in [6.07, 6.45) is 7.84. The first-order valence-corrected chi connectivity index (χ1v) is 12.4. The van der Waals surface area contributed by atoms with Crippen LogP contribution in [0, 0.1) is 0 Å². The summed E-state index contributed by atoms with van der Waals surface area (Å²) < 4.78 is 29.7. The van der Waals surface area contributed by atoms with Gasteiger partial charge in [0.1, 0.15) is 6.10 Å². The zero-order valence-electron chi connectivity index (χ0n) is 18.5. The van der Waals surface area contributed by atoms with Crippen LogP contribution in [0.3, 0.4) is 0 Å². The zero-order valence-corrected chi connectivity index (χ0v) is 19.3. The van der Waals surface area contributed by atoms with Crippen molar-refractivity contribution in [3.63, 3.8) is 0 Å². The van der Waals surface area contributed by atoms with E-state index >= 15 is 0 Å². The third kappa shape index (κ3) is 6.75. The summed E-state index contributed by atoms with van der Waals surface area (Å²) in [5, 5.41) is 11.4. The van der Waals surface area contributed by atoms with E-state index in [0.717, 1.165) is 31.2 Å². The molecular formula is C20H34N6O4S. The Morgan fingerprint density at radius 1 is 1.23 bits per heavy atom. The minimum absolute atomic E-state index is 0.0977. The summed E-state index contributed by atoms with van der Waals surface area (Å²) in [6.45, 7) is 6.75. The fourth-order valence-corrected chi connectivity index (χ4v) is 4.68. The molecule has 2 atom stereocenters. The van der Waals surface area contributed by atoms with Crippen LogP contribution in [-0.4, -0.2) is 59.6 Å². The number of anilines is 1. The molecular weight excluding hydrogens is 420 g/mol. The number of amides is 1. The monoisotopic (exact) mass is 454 g/mol. The number of rotatable bonds is 7. The lowest BCUT2D eigenvalue weighted by atomic mass is 10.0. The Labute approximate surface area is 184 Å². The van der Waals surface area contributed by atoms with Crippen molar-refractivity contribution in [3.8, 4) is 0 Å². The molecule has 3 rings (SSSR count). The topological polar surface area (TPSA) is 140 Å². The van der Waals surface area contributed by atoms with Crippen LogP contribution in [0.25, 0.3) is 0 Å². The second-order valence-corrected chi connectivity index (χ2v) is 10.6. The Kier molecular flexibility index (Phi) is 7.38. The molecule has 2 fully saturated rings. The Morgan fingerprint density at radius 2 is 1.87 bits per heavy atom. The van der Waals surface area contributed by atoms with E-state index in [1.54, 1.807) is 0 Å². The molecule has 1 aliphatic heterocycles. The number of hydrogen-bond donors (Lipinski definition) is 3. The molecule has 1 saturated heterocycles. The van der Waals surface area contributed by atoms with Gasteiger partial charge < -0.3 is 15.4 Å². The van der Waals surface area contributed by atoms with Crippen molar-refractivity contribution >= 4 is 22.3 Å². The molecule has 2 heterocycles. The number of piperidine rings is 1. The maximum absolute atomic E-state index is 12.1. The highest BCUT2D eigenvalue weighted by Crippen LogP contribution is 2.35. The summed E-state index contributed by atoms with van der Waals surface area (Å²) in [5.74, 6) is 0.800. The molecule has 1 aromatic rings. The van der Waals surface area contributed by atoms with Crippen molar-refractivity contribution in [3.05, 3.63) is 18.0 Å². The Balaban J connectivity index is 1.46. The van der Waals surface area contributed by atoms with Crippen molar-refractivity contribution < 1.29 is 17.9 Å². The van der Waals surface area contributed by atoms with Crippen LogP contribution >= 0.6 is 0 Å². The summed E-state index contributed by atoms with van der Waals surface area (Å²) >= 11 is 0. The molecule has 4 N–H and O–H groups in total. The summed E-state index contributed by atoms with van der Waals surface area (Å²) in [5.41, 5.74) is 0.760. The number of aromatic nitrogens is 2. The van der Waals surface area contributed by atoms with Gasteiger partial charge in [-0.25, -0.2) is 19.9 Å². The number of hydrogen-bond acceptors (Lipinski definition) is 7. The second-order valence-electron chi connectivity index (χ2n) is 9.10. The number of carbonyl (C=O) groups excluding carboxylic acids is 1. The van der Waals surface area contributed by atoms with E-state index in [2.05, 4.69) is 20.6 Å². The molecule has 0 unspecified atom stereocenters. The van der Waals surface area contributed by atoms with Gasteiger partial charge >= 0.3 is 6.09 Å². The highest BCUT2D eigenvalue weighted by molar-refractivity contribution is 7.86. The third-order valence-corrected chi connectivity index (χ3v) is 7.36. The molecule has 2 aliphatic rings. The van der Waals surface area contributed by atoms with Crippen LogP contribution in [0.1, 0.15) is 70.8 Å². The average molecular weight is 455 g/mol. The highest BCUT2D eigenvalue weighted by Gasteiger charge is 2.30. The van der Waals surface area contributed by atoms with Gasteiger partial charge in [-0.3, -0.25) is 0 Å². The molecule has 31 heavy (non-hydrogen) atoms. The van der Waals surface area contributed by atoms with Crippen LogP contribution in [-0.2, 0) is 14.9 Å². The number of nitrogens with two attached hydrogens (primary N) is 1. The van der Waals surface area contributed by atoms with Gasteiger partial charge in [-0.1, -0.05) is 6.92 Å². The maximum Gasteiger partial charge on any atom is 0.407 e. The van der Waals surface area contributed by atoms with E-state index in [1.165, 1.54) is 4.31 Å². The van der Waals surface area contributed by atoms with Crippen LogP contribution in [0.15, 0.2) is 12.4 Å². The molecule has 0 radical (unpaired) electrons. The number of nitrogens with zero attached hydrogens (tertiary/aromatic N) is 3. The van der Waals surface area contributed by atoms with E-state index in [4.69, 9.17) is 9.88 Å². The first-order chi connectivity index (χ1) is 14.6. The van der Waals surface area contributed by atoms with E-state index in [1.807, 2.05) is 33.2 Å². The Hall–Kier alpha value is -1.98. The molecule has 1 aliphatic carbocycles. The Bertz CT molecular complexity index is 853. The quantitative estimate of drug-likeness (QED) is 0.573. The minimum Gasteiger partial charge on any atom is -0.446 e. The first kappa shape index (κ1) is 23.7. The lowest BCUT2D eigenvalue weighted by Crippen LogP contribution is -2.45. The van der Waals surface area contributed by atoms with Gasteiger partial charge in [0, 0.05) is 37.1 Å². The number of ether oxygens (including phenoxy) is 1. The van der Waals surface area contributed by atoms with E-state index < -0.39 is 10.2 Å². The van der Waals surface area contributed by atoms with Crippen LogP contribution in [0.4, 0.5) is 10.7 Å². The number of alkyl carbamates (subject to hydrolysis) is 1. The van der Waals surface area contributed by atoms with E-state index in [9.17, 15) is 13.2 Å². The lowest BCUT2D eigenvalue weighted by Gasteiger charge is -2.30. The maximum atomic E-state index is 12.1. The SMILES string of the molecule is CCC(C)(C)NC(=O)O[C@H]1CC[C@@H](c2cnc(NC3CCN(S(N)(=O)=O)CC3)nc2)C1. The smallest absolute Gasteiger partial charge is 0.407 e. The first-order valence-electron chi connectivity index (χ1n) is 10.9. The standard InChI is InChI=1S/C20H34N6O4S/c1-4-20(2,3)25-19(27)30-17-6-5-14(11-17)15-12-22-18(23-13-15)24-16-7-9-26(10-8-16)31(21,28)29/h12-14,16-17H,4-11H2,1-3H3,(H,25,27)(H2,21,28,29)(H,22,23,24)/t14-,17+/m1/s1. The van der Waals surface area contributed by atoms with Gasteiger partial charge in [0.2, 0.25) is 5.95 Å². The van der Waals surface area contributed by atoms with Crippen LogP contribution in [0.2, 0.25) is 0 Å². The molecule has 0 bridgehead atoms. The van der Waals surface area contributed by atoms with Gasteiger partial charge in [0.05, 0.1) is 0 Å². The van der Waals surface area contributed by atoms with Crippen molar-refractivity contribution in [2.45, 2.75) is 82.9 Å². The average Bonchev–Trinajstić information content (AvgIpc) is 3.16. The molecule has 174 valence electrons. The molecule has 11 heteroatoms. The molecule has 1 saturated carbocycles. The number of carbonyl (C=O) groups is 1. The van der Waals surface area contributed by atoms with Crippen LogP contribution < -0.4 is 15.8 Å². The molecule has 10 nitrogen and oxygen atoms in total. The van der Waals surface area contributed by atoms with E-state index in [0.29, 0.717) is 31.9 Å². The third-order valence-electron chi connectivity index (χ3n) is 6.27. The number of nitrogens with one attached hydrogen (secondary N) is 2. The van der Waals surface area contributed by atoms with Gasteiger partial charge in [-0.05, 0) is 63.9 Å². The van der Waals surface area contributed by atoms with Gasteiger partial charge in [-0.15, -0.1) is 0 Å². The normalized spacial score (nSPS) is 23.5. The van der Waals surface area contributed by atoms with Gasteiger partial charge in [0.25, 0.3) is 10.2 Å². The molecule has 1 aromatic heterocycles. The van der Waals surface area contributed by atoms with Crippen molar-refractivity contribution in [2.75, 3.05) is 18.4 Å². The molecule has 0 spiro atoms. The molecule has 1 amide bonds. The van der Waals surface area contributed by atoms with E-state index in [-0.39, 0.29) is 29.7 Å². The predicted molar refractivity (Wildman–Crippen MR) is 118 cm³/mol. The minimum atomic E-state index is -3.62. The van der Waals surface area contributed by atoms with Gasteiger partial charge in [0.15, 0.2) is 0 Å². The zero-order chi connectivity index (χ0) is 22.6. The van der Waals surface area contributed by atoms with Gasteiger partial charge in [-0.2, -0.15) is 12.7 Å². The van der Waals surface area contributed by atoms with Crippen molar-refractivity contribution in [1.82, 2.24) is 19.6 Å². The predicted octanol–water partition coefficient (Wildman–Crippen LogP) is 2.11. The summed E-state index contributed by atoms with van der Waals surface area (Å²) in [7, 11) is -3.62. The second kappa shape index (κ2) is 9.66.